The van der Waals surface area contributed by atoms with Gasteiger partial charge in [-0.1, -0.05) is 0 Å². The first-order valence-electron chi connectivity index (χ1n) is 4.89. The predicted octanol–water partition coefficient (Wildman–Crippen LogP) is 1.87. The topological polar surface area (TPSA) is 83.5 Å². The van der Waals surface area contributed by atoms with Gasteiger partial charge >= 0.3 is 5.97 Å². The Morgan fingerprint density at radius 3 is 2.32 bits per heavy atom. The molecule has 0 heterocycles. The number of hydrogen-bond acceptors (Lipinski definition) is 3. The zero-order valence-electron chi connectivity index (χ0n) is 9.87. The standard InChI is InChI=1S/C10H10BrF2NO4S/c1-10(2,9(15)16)14-19(17,18)8-6(11)3-5(12)4-7(8)13/h3-4,14H,1-2H3,(H,15,16). The van der Waals surface area contributed by atoms with Crippen LogP contribution in [0, 0.1) is 11.6 Å². The van der Waals surface area contributed by atoms with E-state index >= 15 is 0 Å². The van der Waals surface area contributed by atoms with Crippen molar-refractivity contribution in [3.8, 4) is 0 Å². The Balaban J connectivity index is 3.34. The first-order chi connectivity index (χ1) is 8.47. The van der Waals surface area contributed by atoms with Gasteiger partial charge in [-0.2, -0.15) is 4.72 Å². The molecule has 0 saturated carbocycles. The third kappa shape index (κ3) is 3.48. The second-order valence-corrected chi connectivity index (χ2v) is 6.71. The van der Waals surface area contributed by atoms with Gasteiger partial charge in [0.05, 0.1) is 0 Å². The van der Waals surface area contributed by atoms with Crippen LogP contribution in [0.2, 0.25) is 0 Å². The van der Waals surface area contributed by atoms with Crippen LogP contribution in [0.15, 0.2) is 21.5 Å². The van der Waals surface area contributed by atoms with Gasteiger partial charge in [-0.05, 0) is 35.8 Å². The minimum Gasteiger partial charge on any atom is -0.480 e. The Kier molecular flexibility index (Phi) is 4.33. The molecule has 1 rings (SSSR count). The van der Waals surface area contributed by atoms with Crippen molar-refractivity contribution in [2.24, 2.45) is 0 Å². The van der Waals surface area contributed by atoms with Crippen molar-refractivity contribution in [2.45, 2.75) is 24.3 Å². The van der Waals surface area contributed by atoms with Crippen molar-refractivity contribution in [3.05, 3.63) is 28.2 Å². The maximum Gasteiger partial charge on any atom is 0.324 e. The molecule has 0 amide bonds. The zero-order valence-corrected chi connectivity index (χ0v) is 12.3. The third-order valence-electron chi connectivity index (χ3n) is 2.16. The normalized spacial score (nSPS) is 12.5. The summed E-state index contributed by atoms with van der Waals surface area (Å²) in [6.45, 7) is 2.20. The first-order valence-corrected chi connectivity index (χ1v) is 7.17. The van der Waals surface area contributed by atoms with E-state index in [1.54, 1.807) is 0 Å². The summed E-state index contributed by atoms with van der Waals surface area (Å²) in [5.41, 5.74) is -1.83. The lowest BCUT2D eigenvalue weighted by atomic mass is 10.1. The molecule has 0 aliphatic carbocycles. The van der Waals surface area contributed by atoms with Gasteiger partial charge in [0.1, 0.15) is 22.1 Å². The van der Waals surface area contributed by atoms with E-state index < -0.39 is 38.1 Å². The van der Waals surface area contributed by atoms with Gasteiger partial charge in [0.25, 0.3) is 0 Å². The average Bonchev–Trinajstić information content (AvgIpc) is 2.12. The molecule has 106 valence electrons. The second kappa shape index (κ2) is 5.14. The summed E-state index contributed by atoms with van der Waals surface area (Å²) in [5, 5.41) is 8.84. The van der Waals surface area contributed by atoms with Gasteiger partial charge in [-0.15, -0.1) is 0 Å². The summed E-state index contributed by atoms with van der Waals surface area (Å²) in [7, 11) is -4.46. The molecule has 0 aromatic heterocycles. The van der Waals surface area contributed by atoms with E-state index in [9.17, 15) is 22.0 Å². The minimum atomic E-state index is -4.46. The highest BCUT2D eigenvalue weighted by atomic mass is 79.9. The van der Waals surface area contributed by atoms with Crippen LogP contribution in [0.4, 0.5) is 8.78 Å². The summed E-state index contributed by atoms with van der Waals surface area (Å²) in [6, 6.07) is 1.17. The fraction of sp³-hybridized carbons (Fsp3) is 0.300. The van der Waals surface area contributed by atoms with Gasteiger partial charge in [-0.25, -0.2) is 17.2 Å². The molecule has 1 aromatic rings. The second-order valence-electron chi connectivity index (χ2n) is 4.23. The first kappa shape index (κ1) is 16.0. The Morgan fingerprint density at radius 2 is 1.89 bits per heavy atom. The number of carboxylic acid groups (broad SMARTS) is 1. The third-order valence-corrected chi connectivity index (χ3v) is 4.78. The van der Waals surface area contributed by atoms with E-state index in [1.165, 1.54) is 0 Å². The molecule has 0 unspecified atom stereocenters. The lowest BCUT2D eigenvalue weighted by Gasteiger charge is -2.21. The minimum absolute atomic E-state index is 0.335. The maximum absolute atomic E-state index is 13.5. The monoisotopic (exact) mass is 357 g/mol. The lowest BCUT2D eigenvalue weighted by Crippen LogP contribution is -2.49. The number of carboxylic acids is 1. The lowest BCUT2D eigenvalue weighted by molar-refractivity contribution is -0.142. The number of nitrogens with one attached hydrogen (secondary N) is 1. The molecular weight excluding hydrogens is 348 g/mol. The summed E-state index contributed by atoms with van der Waals surface area (Å²) in [4.78, 5) is 10.0. The summed E-state index contributed by atoms with van der Waals surface area (Å²) in [6.07, 6.45) is 0. The molecule has 5 nitrogen and oxygen atoms in total. The van der Waals surface area contributed by atoms with E-state index in [0.717, 1.165) is 19.9 Å². The zero-order chi connectivity index (χ0) is 15.0. The van der Waals surface area contributed by atoms with Crippen LogP contribution < -0.4 is 4.72 Å². The molecule has 0 aliphatic rings. The molecule has 0 fully saturated rings. The Labute approximate surface area is 116 Å². The Bertz CT molecular complexity index is 607. The summed E-state index contributed by atoms with van der Waals surface area (Å²) >= 11 is 2.73. The molecule has 0 bridgehead atoms. The van der Waals surface area contributed by atoms with Crippen LogP contribution in [0.5, 0.6) is 0 Å². The van der Waals surface area contributed by atoms with Gasteiger partial charge in [0.2, 0.25) is 10.0 Å². The van der Waals surface area contributed by atoms with Gasteiger partial charge in [0, 0.05) is 10.5 Å². The van der Waals surface area contributed by atoms with Crippen LogP contribution in [0.3, 0.4) is 0 Å². The van der Waals surface area contributed by atoms with Crippen LogP contribution in [0.1, 0.15) is 13.8 Å². The molecule has 1 aromatic carbocycles. The van der Waals surface area contributed by atoms with E-state index in [1.807, 2.05) is 4.72 Å². The Morgan fingerprint density at radius 1 is 1.37 bits per heavy atom. The fourth-order valence-electron chi connectivity index (χ4n) is 1.22. The molecular formula is C10H10BrF2NO4S. The number of benzene rings is 1. The van der Waals surface area contributed by atoms with E-state index in [-0.39, 0.29) is 4.47 Å². The van der Waals surface area contributed by atoms with Crippen LogP contribution >= 0.6 is 15.9 Å². The number of rotatable bonds is 4. The highest BCUT2D eigenvalue weighted by Gasteiger charge is 2.35. The Hall–Kier alpha value is -1.06. The predicted molar refractivity (Wildman–Crippen MR) is 66.1 cm³/mol. The summed E-state index contributed by atoms with van der Waals surface area (Å²) < 4.78 is 51.8. The summed E-state index contributed by atoms with van der Waals surface area (Å²) in [5.74, 6) is -3.71. The molecule has 0 spiro atoms. The fourth-order valence-corrected chi connectivity index (χ4v) is 3.76. The quantitative estimate of drug-likeness (QED) is 0.861. The van der Waals surface area contributed by atoms with Crippen molar-refractivity contribution in [1.29, 1.82) is 0 Å². The van der Waals surface area contributed by atoms with E-state index in [0.29, 0.717) is 6.07 Å². The molecule has 19 heavy (non-hydrogen) atoms. The maximum atomic E-state index is 13.5. The van der Waals surface area contributed by atoms with Crippen molar-refractivity contribution >= 4 is 31.9 Å². The smallest absolute Gasteiger partial charge is 0.324 e. The number of halogens is 3. The van der Waals surface area contributed by atoms with Crippen LogP contribution in [-0.2, 0) is 14.8 Å². The van der Waals surface area contributed by atoms with Crippen LogP contribution in [0.25, 0.3) is 0 Å². The van der Waals surface area contributed by atoms with E-state index in [2.05, 4.69) is 15.9 Å². The SMILES string of the molecule is CC(C)(NS(=O)(=O)c1c(F)cc(F)cc1Br)C(=O)O. The van der Waals surface area contributed by atoms with Crippen LogP contribution in [-0.4, -0.2) is 25.0 Å². The molecule has 0 atom stereocenters. The highest BCUT2D eigenvalue weighted by molar-refractivity contribution is 9.10. The number of carbonyl (C=O) groups is 1. The number of aliphatic carboxylic acids is 1. The number of hydrogen-bond donors (Lipinski definition) is 2. The van der Waals surface area contributed by atoms with Crippen molar-refractivity contribution in [1.82, 2.24) is 4.72 Å². The number of sulfonamides is 1. The highest BCUT2D eigenvalue weighted by Crippen LogP contribution is 2.27. The molecule has 0 aliphatic heterocycles. The van der Waals surface area contributed by atoms with Crippen molar-refractivity contribution in [2.75, 3.05) is 0 Å². The van der Waals surface area contributed by atoms with Gasteiger partial charge in [-0.3, -0.25) is 4.79 Å². The molecule has 0 saturated heterocycles. The van der Waals surface area contributed by atoms with Gasteiger partial charge in [0.15, 0.2) is 0 Å². The molecule has 2 N–H and O–H groups in total. The van der Waals surface area contributed by atoms with Crippen molar-refractivity contribution in [3.63, 3.8) is 0 Å². The molecule has 0 radical (unpaired) electrons. The average molecular weight is 358 g/mol. The van der Waals surface area contributed by atoms with Crippen molar-refractivity contribution < 1.29 is 27.1 Å². The van der Waals surface area contributed by atoms with E-state index in [4.69, 9.17) is 5.11 Å². The van der Waals surface area contributed by atoms with Gasteiger partial charge < -0.3 is 5.11 Å². The molecule has 9 heteroatoms. The largest absolute Gasteiger partial charge is 0.480 e.